The molecule has 4 aromatic rings. The van der Waals surface area contributed by atoms with E-state index in [1.807, 2.05) is 0 Å². The molecule has 5 rings (SSSR count). The van der Waals surface area contributed by atoms with Crippen LogP contribution in [0.15, 0.2) is 41.6 Å². The van der Waals surface area contributed by atoms with Crippen LogP contribution in [0.4, 0.5) is 23.8 Å². The van der Waals surface area contributed by atoms with Gasteiger partial charge in [0.15, 0.2) is 0 Å². The van der Waals surface area contributed by atoms with Crippen molar-refractivity contribution in [2.75, 3.05) is 11.4 Å². The molecular formula is C24H25F3N8O4. The molecule has 4 heterocycles. The maximum atomic E-state index is 13.1. The van der Waals surface area contributed by atoms with Gasteiger partial charge < -0.3 is 9.84 Å². The number of fused-ring (bicyclic) bond motifs is 1. The average molecular weight is 547 g/mol. The highest BCUT2D eigenvalue weighted by molar-refractivity contribution is 5.95. The fourth-order valence-corrected chi connectivity index (χ4v) is 4.75. The highest BCUT2D eigenvalue weighted by Gasteiger charge is 2.35. The molecule has 1 fully saturated rings. The smallest absolute Gasteiger partial charge is 0.413 e. The summed E-state index contributed by atoms with van der Waals surface area (Å²) in [4.78, 5) is 27.5. The zero-order valence-electron chi connectivity index (χ0n) is 21.0. The summed E-state index contributed by atoms with van der Waals surface area (Å²) in [5.41, 5.74) is 1.46. The standard InChI is InChI=1S/C24H25F3N8O4/c1-32-12-14(10-29-32)22-17-11-28-19(34(23(37)38)13-24(25,26)27)9-18(17)35(31-22)15-3-5-16(6-4-15)39-20-7-8-21(36)33(2)30-20/h7-12,15-16H,3-6,13H2,1-2H3,(H,37,38). The summed E-state index contributed by atoms with van der Waals surface area (Å²) < 4.78 is 49.8. The van der Waals surface area contributed by atoms with Crippen molar-refractivity contribution in [3.05, 3.63) is 47.1 Å². The van der Waals surface area contributed by atoms with Crippen LogP contribution in [0.3, 0.4) is 0 Å². The highest BCUT2D eigenvalue weighted by atomic mass is 19.4. The number of anilines is 1. The molecule has 1 N–H and O–H groups in total. The number of halogens is 3. The van der Waals surface area contributed by atoms with Crippen molar-refractivity contribution < 1.29 is 27.8 Å². The zero-order valence-corrected chi connectivity index (χ0v) is 21.0. The molecule has 0 aliphatic heterocycles. The van der Waals surface area contributed by atoms with Gasteiger partial charge in [-0.2, -0.15) is 23.4 Å². The van der Waals surface area contributed by atoms with E-state index in [1.54, 1.807) is 28.8 Å². The number of hydrogen-bond donors (Lipinski definition) is 1. The molecule has 0 saturated heterocycles. The first-order valence-corrected chi connectivity index (χ1v) is 12.1. The lowest BCUT2D eigenvalue weighted by molar-refractivity contribution is -0.119. The van der Waals surface area contributed by atoms with Crippen molar-refractivity contribution >= 4 is 22.8 Å². The van der Waals surface area contributed by atoms with Crippen molar-refractivity contribution in [2.24, 2.45) is 14.1 Å². The average Bonchev–Trinajstić information content (AvgIpc) is 3.48. The van der Waals surface area contributed by atoms with Crippen molar-refractivity contribution in [3.8, 4) is 17.1 Å². The molecule has 0 radical (unpaired) electrons. The molecule has 15 heteroatoms. The molecule has 12 nitrogen and oxygen atoms in total. The van der Waals surface area contributed by atoms with Gasteiger partial charge in [0.1, 0.15) is 24.2 Å². The van der Waals surface area contributed by atoms with E-state index in [0.717, 1.165) is 0 Å². The molecular weight excluding hydrogens is 521 g/mol. The van der Waals surface area contributed by atoms with Crippen molar-refractivity contribution in [1.82, 2.24) is 34.3 Å². The molecule has 1 aliphatic carbocycles. The van der Waals surface area contributed by atoms with Gasteiger partial charge in [-0.1, -0.05) is 0 Å². The third kappa shape index (κ3) is 5.56. The SMILES string of the molecule is Cn1cc(-c2nn(C3CCC(Oc4ccc(=O)n(C)n4)CC3)c3cc(N(CC(F)(F)F)C(=O)O)ncc23)cn1. The van der Waals surface area contributed by atoms with Gasteiger partial charge in [0.05, 0.1) is 17.8 Å². The molecule has 0 bridgehead atoms. The van der Waals surface area contributed by atoms with Gasteiger partial charge in [0, 0.05) is 55.6 Å². The summed E-state index contributed by atoms with van der Waals surface area (Å²) in [5, 5.41) is 23.1. The second-order valence-electron chi connectivity index (χ2n) is 9.42. The third-order valence-corrected chi connectivity index (χ3v) is 6.61. The van der Waals surface area contributed by atoms with E-state index in [9.17, 15) is 27.9 Å². The lowest BCUT2D eigenvalue weighted by atomic mass is 9.93. The Balaban J connectivity index is 1.46. The summed E-state index contributed by atoms with van der Waals surface area (Å²) in [6, 6.07) is 4.12. The number of carboxylic acid groups (broad SMARTS) is 1. The Morgan fingerprint density at radius 2 is 1.90 bits per heavy atom. The summed E-state index contributed by atoms with van der Waals surface area (Å²) in [5.74, 6) is 0.00194. The zero-order chi connectivity index (χ0) is 27.9. The van der Waals surface area contributed by atoms with Gasteiger partial charge in [0.2, 0.25) is 5.88 Å². The van der Waals surface area contributed by atoms with Crippen LogP contribution in [-0.4, -0.2) is 64.4 Å². The lowest BCUT2D eigenvalue weighted by Crippen LogP contribution is -2.38. The normalized spacial score (nSPS) is 17.9. The fraction of sp³-hybridized carbons (Fsp3) is 0.417. The number of aryl methyl sites for hydroxylation is 2. The number of alkyl halides is 3. The fourth-order valence-electron chi connectivity index (χ4n) is 4.75. The number of aromatic nitrogens is 7. The van der Waals surface area contributed by atoms with Gasteiger partial charge in [-0.3, -0.25) is 19.1 Å². The molecule has 1 aliphatic rings. The van der Waals surface area contributed by atoms with Gasteiger partial charge in [0.25, 0.3) is 5.56 Å². The molecule has 0 atom stereocenters. The minimum absolute atomic E-state index is 0.123. The number of ether oxygens (including phenoxy) is 1. The molecule has 0 unspecified atom stereocenters. The van der Waals surface area contributed by atoms with Crippen LogP contribution in [0.2, 0.25) is 0 Å². The molecule has 206 valence electrons. The van der Waals surface area contributed by atoms with Crippen molar-refractivity contribution in [2.45, 2.75) is 44.0 Å². The Hall–Kier alpha value is -4.43. The summed E-state index contributed by atoms with van der Waals surface area (Å²) in [7, 11) is 3.29. The minimum atomic E-state index is -4.74. The second-order valence-corrected chi connectivity index (χ2v) is 9.42. The summed E-state index contributed by atoms with van der Waals surface area (Å²) >= 11 is 0. The number of rotatable bonds is 6. The van der Waals surface area contributed by atoms with Crippen LogP contribution in [0.5, 0.6) is 5.88 Å². The van der Waals surface area contributed by atoms with E-state index >= 15 is 0 Å². The summed E-state index contributed by atoms with van der Waals surface area (Å²) in [6.07, 6.45) is 0.663. The largest absolute Gasteiger partial charge is 0.473 e. The monoisotopic (exact) mass is 546 g/mol. The van der Waals surface area contributed by atoms with Crippen LogP contribution in [0.1, 0.15) is 31.7 Å². The number of nitrogens with zero attached hydrogens (tertiary/aromatic N) is 8. The highest BCUT2D eigenvalue weighted by Crippen LogP contribution is 2.37. The Morgan fingerprint density at radius 1 is 1.15 bits per heavy atom. The maximum Gasteiger partial charge on any atom is 0.413 e. The lowest BCUT2D eigenvalue weighted by Gasteiger charge is -2.29. The quantitative estimate of drug-likeness (QED) is 0.388. The number of carbonyl (C=O) groups is 1. The van der Waals surface area contributed by atoms with Gasteiger partial charge >= 0.3 is 12.3 Å². The van der Waals surface area contributed by atoms with Crippen LogP contribution in [-0.2, 0) is 14.1 Å². The first-order valence-electron chi connectivity index (χ1n) is 12.1. The van der Waals surface area contributed by atoms with Crippen LogP contribution in [0, 0.1) is 0 Å². The first kappa shape index (κ1) is 26.2. The maximum absolute atomic E-state index is 13.1. The second kappa shape index (κ2) is 10.0. The van der Waals surface area contributed by atoms with E-state index in [0.29, 0.717) is 53.7 Å². The van der Waals surface area contributed by atoms with Crippen LogP contribution >= 0.6 is 0 Å². The van der Waals surface area contributed by atoms with E-state index in [4.69, 9.17) is 9.84 Å². The number of pyridine rings is 1. The van der Waals surface area contributed by atoms with E-state index in [1.165, 1.54) is 36.1 Å². The molecule has 0 aromatic carbocycles. The van der Waals surface area contributed by atoms with E-state index in [2.05, 4.69) is 15.2 Å². The minimum Gasteiger partial charge on any atom is -0.473 e. The summed E-state index contributed by atoms with van der Waals surface area (Å²) in [6.45, 7) is -1.69. The first-order chi connectivity index (χ1) is 18.5. The number of hydrogen-bond acceptors (Lipinski definition) is 7. The van der Waals surface area contributed by atoms with E-state index in [-0.39, 0.29) is 28.4 Å². The van der Waals surface area contributed by atoms with Gasteiger partial charge in [-0.25, -0.2) is 14.5 Å². The predicted molar refractivity (Wildman–Crippen MR) is 133 cm³/mol. The van der Waals surface area contributed by atoms with Crippen molar-refractivity contribution in [3.63, 3.8) is 0 Å². The van der Waals surface area contributed by atoms with Gasteiger partial charge in [-0.05, 0) is 25.7 Å². The Kier molecular flexibility index (Phi) is 6.74. The van der Waals surface area contributed by atoms with Crippen LogP contribution < -0.4 is 15.2 Å². The molecule has 0 spiro atoms. The van der Waals surface area contributed by atoms with Crippen molar-refractivity contribution in [1.29, 1.82) is 0 Å². The molecule has 1 saturated carbocycles. The predicted octanol–water partition coefficient (Wildman–Crippen LogP) is 3.53. The topological polar surface area (TPSA) is 133 Å². The molecule has 4 aromatic heterocycles. The van der Waals surface area contributed by atoms with Gasteiger partial charge in [-0.15, -0.1) is 5.10 Å². The molecule has 39 heavy (non-hydrogen) atoms. The number of amides is 1. The third-order valence-electron chi connectivity index (χ3n) is 6.61. The Bertz CT molecular complexity index is 1570. The molecule has 1 amide bonds. The Labute approximate surface area is 219 Å². The Morgan fingerprint density at radius 3 is 2.51 bits per heavy atom. The van der Waals surface area contributed by atoms with Crippen LogP contribution in [0.25, 0.3) is 22.2 Å². The van der Waals surface area contributed by atoms with E-state index < -0.39 is 18.8 Å².